The molecule has 0 radical (unpaired) electrons. The average Bonchev–Trinajstić information content (AvgIpc) is 4.08. The Bertz CT molecular complexity index is 2770. The summed E-state index contributed by atoms with van der Waals surface area (Å²) in [6.07, 6.45) is 4.14. The summed E-state index contributed by atoms with van der Waals surface area (Å²) in [6, 6.07) is 24.9. The van der Waals surface area contributed by atoms with Crippen molar-refractivity contribution in [1.82, 2.24) is 25.4 Å². The van der Waals surface area contributed by atoms with Gasteiger partial charge >= 0.3 is 0 Å². The van der Waals surface area contributed by atoms with E-state index in [9.17, 15) is 34.5 Å². The highest BCUT2D eigenvalue weighted by Crippen LogP contribution is 2.42. The molecule has 2 aromatic heterocycles. The second kappa shape index (κ2) is 23.9. The van der Waals surface area contributed by atoms with Crippen molar-refractivity contribution in [3.05, 3.63) is 119 Å². The number of thiazole rings is 1. The minimum Gasteiger partial charge on any atom is -0.508 e. The number of likely N-dealkylation sites (tertiary alicyclic amines) is 1. The number of benzene rings is 4. The van der Waals surface area contributed by atoms with Crippen molar-refractivity contribution in [2.75, 3.05) is 32.8 Å². The molecule has 4 atom stereocenters. The van der Waals surface area contributed by atoms with Gasteiger partial charge < -0.3 is 40.5 Å². The average molecular weight is 1000 g/mol. The third-order valence-corrected chi connectivity index (χ3v) is 15.4. The molecule has 3 amide bonds. The lowest BCUT2D eigenvalue weighted by Gasteiger charge is -2.35. The number of nitrogens with one attached hydrogen (secondary N) is 2. The number of aromatic hydroxyl groups is 2. The number of carbonyl (C=O) groups is 4. The molecule has 5 N–H and O–H groups in total. The molecule has 1 unspecified atom stereocenters. The predicted molar refractivity (Wildman–Crippen MR) is 282 cm³/mol. The smallest absolute Gasteiger partial charge is 0.246 e. The maximum Gasteiger partial charge on any atom is 0.246 e. The highest BCUT2D eigenvalue weighted by Gasteiger charge is 2.44. The number of nitrogens with zero attached hydrogens (tertiary/aromatic N) is 3. The summed E-state index contributed by atoms with van der Waals surface area (Å²) < 4.78 is 6.89. The van der Waals surface area contributed by atoms with Gasteiger partial charge in [-0.05, 0) is 129 Å². The topological polar surface area (TPSA) is 182 Å². The van der Waals surface area contributed by atoms with E-state index in [1.165, 1.54) is 16.2 Å². The molecular weight excluding hydrogens is 935 g/mol. The molecule has 376 valence electrons. The number of rotatable bonds is 22. The van der Waals surface area contributed by atoms with Crippen LogP contribution in [0.2, 0.25) is 0 Å². The van der Waals surface area contributed by atoms with E-state index in [4.69, 9.17) is 4.74 Å². The number of thiophene rings is 1. The zero-order valence-electron chi connectivity index (χ0n) is 41.6. The highest BCUT2D eigenvalue weighted by atomic mass is 32.1. The van der Waals surface area contributed by atoms with Crippen LogP contribution in [0.5, 0.6) is 17.2 Å². The third kappa shape index (κ3) is 13.4. The van der Waals surface area contributed by atoms with E-state index in [1.807, 2.05) is 76.5 Å². The van der Waals surface area contributed by atoms with Crippen LogP contribution in [0.1, 0.15) is 113 Å². The molecule has 1 fully saturated rings. The first-order chi connectivity index (χ1) is 34.0. The van der Waals surface area contributed by atoms with Crippen molar-refractivity contribution in [3.63, 3.8) is 0 Å². The van der Waals surface area contributed by atoms with Crippen molar-refractivity contribution in [2.45, 2.75) is 111 Å². The maximum atomic E-state index is 14.1. The van der Waals surface area contributed by atoms with Gasteiger partial charge in [-0.3, -0.25) is 19.2 Å². The summed E-state index contributed by atoms with van der Waals surface area (Å²) in [5, 5.41) is 37.4. The number of carbonyl (C=O) groups excluding carboxylic acids is 4. The first-order valence-electron chi connectivity index (χ1n) is 24.6. The fourth-order valence-corrected chi connectivity index (χ4v) is 11.1. The van der Waals surface area contributed by atoms with E-state index in [-0.39, 0.29) is 60.4 Å². The van der Waals surface area contributed by atoms with E-state index in [1.54, 1.807) is 65.9 Å². The van der Waals surface area contributed by atoms with Gasteiger partial charge in [0.15, 0.2) is 5.78 Å². The van der Waals surface area contributed by atoms with Crippen LogP contribution >= 0.6 is 22.7 Å². The summed E-state index contributed by atoms with van der Waals surface area (Å²) in [5.41, 5.74) is 6.01. The van der Waals surface area contributed by atoms with E-state index < -0.39 is 23.6 Å². The first kappa shape index (κ1) is 52.7. The van der Waals surface area contributed by atoms with Crippen LogP contribution in [0, 0.1) is 12.3 Å². The Morgan fingerprint density at radius 2 is 1.51 bits per heavy atom. The first-order valence-corrected chi connectivity index (χ1v) is 26.3. The number of phenolic OH excluding ortho intramolecular Hbond substituents is 2. The van der Waals surface area contributed by atoms with E-state index >= 15 is 0 Å². The lowest BCUT2D eigenvalue weighted by atomic mass is 9.85. The molecule has 0 bridgehead atoms. The van der Waals surface area contributed by atoms with Crippen molar-refractivity contribution in [3.8, 4) is 38.1 Å². The second-order valence-corrected chi connectivity index (χ2v) is 21.5. The second-order valence-electron chi connectivity index (χ2n) is 19.6. The van der Waals surface area contributed by atoms with E-state index in [0.717, 1.165) is 87.5 Å². The number of amides is 3. The third-order valence-electron chi connectivity index (χ3n) is 13.2. The fourth-order valence-electron chi connectivity index (χ4n) is 9.09. The van der Waals surface area contributed by atoms with Gasteiger partial charge in [-0.2, -0.15) is 0 Å². The quantitative estimate of drug-likeness (QED) is 0.0324. The van der Waals surface area contributed by atoms with E-state index in [0.29, 0.717) is 29.9 Å². The maximum absolute atomic E-state index is 14.1. The highest BCUT2D eigenvalue weighted by molar-refractivity contribution is 7.22. The number of aryl methyl sites for hydroxylation is 1. The van der Waals surface area contributed by atoms with Gasteiger partial charge in [0.2, 0.25) is 17.7 Å². The molecule has 0 spiro atoms. The predicted octanol–water partition coefficient (Wildman–Crippen LogP) is 10.1. The lowest BCUT2D eigenvalue weighted by molar-refractivity contribution is -0.144. The normalized spacial score (nSPS) is 15.7. The monoisotopic (exact) mass is 1000 g/mol. The van der Waals surface area contributed by atoms with Crippen LogP contribution in [0.3, 0.4) is 0 Å². The Morgan fingerprint density at radius 1 is 0.845 bits per heavy atom. The summed E-state index contributed by atoms with van der Waals surface area (Å²) in [4.78, 5) is 65.1. The van der Waals surface area contributed by atoms with Gasteiger partial charge in [0.1, 0.15) is 35.9 Å². The Labute approximate surface area is 424 Å². The van der Waals surface area contributed by atoms with Crippen molar-refractivity contribution < 1.29 is 39.2 Å². The molecule has 1 aliphatic heterocycles. The number of β-amino-alcohol motifs (C(OH)–C–C–N with tert-alkyl or cyclic N) is 1. The Kier molecular flexibility index (Phi) is 17.7. The Balaban J connectivity index is 0.813. The largest absolute Gasteiger partial charge is 0.508 e. The number of phenols is 2. The van der Waals surface area contributed by atoms with Crippen LogP contribution in [0.25, 0.3) is 31.0 Å². The van der Waals surface area contributed by atoms with Gasteiger partial charge in [-0.1, -0.05) is 71.2 Å². The number of aliphatic hydroxyl groups excluding tert-OH is 1. The Hall–Kier alpha value is -6.13. The molecule has 3 heterocycles. The van der Waals surface area contributed by atoms with Gasteiger partial charge in [0.25, 0.3) is 0 Å². The molecule has 4 aromatic carbocycles. The van der Waals surface area contributed by atoms with Gasteiger partial charge in [-0.15, -0.1) is 22.7 Å². The number of unbranched alkanes of at least 4 members (excludes halogenated alkanes) is 4. The zero-order valence-corrected chi connectivity index (χ0v) is 43.2. The summed E-state index contributed by atoms with van der Waals surface area (Å²) in [7, 11) is 0. The molecule has 0 aliphatic carbocycles. The van der Waals surface area contributed by atoms with Crippen molar-refractivity contribution >= 4 is 56.3 Å². The van der Waals surface area contributed by atoms with Crippen LogP contribution in [-0.4, -0.2) is 105 Å². The number of hydrogen-bond donors (Lipinski definition) is 5. The number of likely N-dealkylation sites (N-methyl/N-ethyl adjacent to an activating group) is 1. The molecule has 6 aromatic rings. The molecule has 1 aliphatic rings. The minimum absolute atomic E-state index is 0.0192. The van der Waals surface area contributed by atoms with Crippen LogP contribution < -0.4 is 15.4 Å². The van der Waals surface area contributed by atoms with Gasteiger partial charge in [0.05, 0.1) is 28.2 Å². The molecule has 71 heavy (non-hydrogen) atoms. The summed E-state index contributed by atoms with van der Waals surface area (Å²) in [5.74, 6) is -0.114. The van der Waals surface area contributed by atoms with Gasteiger partial charge in [-0.25, -0.2) is 4.98 Å². The number of aromatic nitrogens is 1. The fraction of sp³-hybridized carbons (Fsp3) is 0.411. The molecule has 15 heteroatoms. The molecular formula is C56H67N5O8S2. The summed E-state index contributed by atoms with van der Waals surface area (Å²) >= 11 is 3.01. The zero-order chi connectivity index (χ0) is 50.8. The standard InChI is InChI=1S/C56H67N5O8S2/c1-7-60(29-30-69-44-25-20-38(21-26-44)50(66)49-45-27-24-42(63)32-47(45)71-52(49)40-18-22-41(62)23-19-40)28-12-10-8-9-11-13-48(65)59-53(56(4,5)6)55(68)61-33-43(64)31-46(61)54(67)58-35(2)37-14-16-39(17-15-37)51-36(3)57-34-70-51/h14-27,32,34-35,43,46,53,62-64H,7-13,28-31,33H2,1-6H3,(H,58,67)(H,59,65)/t35-,43+,46-,53?/m0/s1. The van der Waals surface area contributed by atoms with E-state index in [2.05, 4.69) is 27.4 Å². The Morgan fingerprint density at radius 3 is 2.18 bits per heavy atom. The van der Waals surface area contributed by atoms with Crippen molar-refractivity contribution in [1.29, 1.82) is 0 Å². The van der Waals surface area contributed by atoms with Gasteiger partial charge in [0, 0.05) is 52.0 Å². The number of fused-ring (bicyclic) bond motifs is 1. The number of ether oxygens (including phenoxy) is 1. The SMILES string of the molecule is CCN(CCCCCCCC(=O)NC(C(=O)N1C[C@H](O)C[C@H]1C(=O)N[C@@H](C)c1ccc(-c2scnc2C)cc1)C(C)(C)C)CCOc1ccc(C(=O)c2c(-c3ccc(O)cc3)sc3cc(O)ccc23)cc1. The minimum atomic E-state index is -0.870. The molecule has 13 nitrogen and oxygen atoms in total. The molecule has 0 saturated carbocycles. The van der Waals surface area contributed by atoms with Crippen LogP contribution in [-0.2, 0) is 14.4 Å². The number of aliphatic hydroxyl groups is 1. The van der Waals surface area contributed by atoms with Crippen molar-refractivity contribution in [2.24, 2.45) is 5.41 Å². The molecule has 7 rings (SSSR count). The van der Waals surface area contributed by atoms with Crippen LogP contribution in [0.15, 0.2) is 96.5 Å². The van der Waals surface area contributed by atoms with Crippen LogP contribution in [0.4, 0.5) is 0 Å². The number of hydrogen-bond acceptors (Lipinski definition) is 12. The molecule has 1 saturated heterocycles. The summed E-state index contributed by atoms with van der Waals surface area (Å²) in [6.45, 7) is 14.7. The number of ketones is 1. The lowest BCUT2D eigenvalue weighted by Crippen LogP contribution is -2.57.